The van der Waals surface area contributed by atoms with E-state index in [1.807, 2.05) is 24.3 Å². The number of hydrogen-bond donors (Lipinski definition) is 0. The molecule has 0 saturated carbocycles. The van der Waals surface area contributed by atoms with E-state index < -0.39 is 12.8 Å². The third-order valence-electron chi connectivity index (χ3n) is 5.44. The average Bonchev–Trinajstić information content (AvgIpc) is 3.31. The summed E-state index contributed by atoms with van der Waals surface area (Å²) in [6.07, 6.45) is -4.40. The molecule has 0 aliphatic carbocycles. The standard InChI is InChI=1S/C24H24F3N3O3S/c1-32-20-6-2-17(3-7-20)22-28-19(15-34-22)14-29-10-12-30(13-11-29)23(31)18-4-8-21(9-5-18)33-16-24(25,26)27/h2-9,15H,10-14,16H2,1H3. The molecule has 2 heterocycles. The highest BCUT2D eigenvalue weighted by atomic mass is 32.1. The molecule has 1 aliphatic heterocycles. The van der Waals surface area contributed by atoms with Crippen LogP contribution in [0.25, 0.3) is 10.6 Å². The Balaban J connectivity index is 1.27. The topological polar surface area (TPSA) is 54.9 Å². The Labute approximate surface area is 199 Å². The maximum Gasteiger partial charge on any atom is 0.422 e. The molecule has 10 heteroatoms. The lowest BCUT2D eigenvalue weighted by Gasteiger charge is -2.34. The molecule has 0 atom stereocenters. The zero-order valence-corrected chi connectivity index (χ0v) is 19.4. The van der Waals surface area contributed by atoms with Gasteiger partial charge < -0.3 is 14.4 Å². The minimum atomic E-state index is -4.40. The summed E-state index contributed by atoms with van der Waals surface area (Å²) >= 11 is 1.60. The molecule has 4 rings (SSSR count). The van der Waals surface area contributed by atoms with Gasteiger partial charge >= 0.3 is 6.18 Å². The van der Waals surface area contributed by atoms with Crippen molar-refractivity contribution < 1.29 is 27.4 Å². The Morgan fingerprint density at radius 1 is 1.00 bits per heavy atom. The summed E-state index contributed by atoms with van der Waals surface area (Å²) in [7, 11) is 1.64. The first-order valence-corrected chi connectivity index (χ1v) is 11.6. The SMILES string of the molecule is COc1ccc(-c2nc(CN3CCN(C(=O)c4ccc(OCC(F)(F)F)cc4)CC3)cs2)cc1. The number of thiazole rings is 1. The summed E-state index contributed by atoms with van der Waals surface area (Å²) in [5.74, 6) is 0.743. The number of aromatic nitrogens is 1. The largest absolute Gasteiger partial charge is 0.497 e. The van der Waals surface area contributed by atoms with Crippen LogP contribution in [0.4, 0.5) is 13.2 Å². The van der Waals surface area contributed by atoms with Gasteiger partial charge in [0.15, 0.2) is 6.61 Å². The van der Waals surface area contributed by atoms with Crippen LogP contribution in [0.2, 0.25) is 0 Å². The van der Waals surface area contributed by atoms with E-state index in [4.69, 9.17) is 14.5 Å². The first kappa shape index (κ1) is 24.0. The number of piperazine rings is 1. The van der Waals surface area contributed by atoms with E-state index in [0.29, 0.717) is 38.3 Å². The number of rotatable bonds is 7. The third kappa shape index (κ3) is 6.27. The minimum Gasteiger partial charge on any atom is -0.497 e. The maximum absolute atomic E-state index is 12.8. The van der Waals surface area contributed by atoms with Crippen LogP contribution in [0, 0.1) is 0 Å². The lowest BCUT2D eigenvalue weighted by Crippen LogP contribution is -2.48. The second-order valence-corrected chi connectivity index (χ2v) is 8.73. The van der Waals surface area contributed by atoms with Gasteiger partial charge in [0.1, 0.15) is 16.5 Å². The number of hydrogen-bond acceptors (Lipinski definition) is 6. The summed E-state index contributed by atoms with van der Waals surface area (Å²) < 4.78 is 46.7. The van der Waals surface area contributed by atoms with Crippen molar-refractivity contribution in [3.63, 3.8) is 0 Å². The van der Waals surface area contributed by atoms with Crippen LogP contribution < -0.4 is 9.47 Å². The van der Waals surface area contributed by atoms with E-state index in [9.17, 15) is 18.0 Å². The summed E-state index contributed by atoms with van der Waals surface area (Å²) in [4.78, 5) is 21.5. The number of benzene rings is 2. The molecule has 0 bridgehead atoms. The third-order valence-corrected chi connectivity index (χ3v) is 6.38. The number of halogens is 3. The van der Waals surface area contributed by atoms with E-state index in [2.05, 4.69) is 10.3 Å². The van der Waals surface area contributed by atoms with Gasteiger partial charge in [0, 0.05) is 49.2 Å². The van der Waals surface area contributed by atoms with E-state index in [0.717, 1.165) is 22.0 Å². The van der Waals surface area contributed by atoms with Crippen LogP contribution in [0.1, 0.15) is 16.1 Å². The fourth-order valence-electron chi connectivity index (χ4n) is 3.63. The van der Waals surface area contributed by atoms with Crippen molar-refractivity contribution in [1.29, 1.82) is 0 Å². The second-order valence-electron chi connectivity index (χ2n) is 7.87. The van der Waals surface area contributed by atoms with Crippen molar-refractivity contribution in [1.82, 2.24) is 14.8 Å². The number of alkyl halides is 3. The summed E-state index contributed by atoms with van der Waals surface area (Å²) in [6, 6.07) is 13.6. The highest BCUT2D eigenvalue weighted by Crippen LogP contribution is 2.26. The highest BCUT2D eigenvalue weighted by molar-refractivity contribution is 7.13. The van der Waals surface area contributed by atoms with Crippen molar-refractivity contribution in [3.8, 4) is 22.1 Å². The number of methoxy groups -OCH3 is 1. The molecule has 2 aromatic carbocycles. The lowest BCUT2D eigenvalue weighted by molar-refractivity contribution is -0.153. The molecule has 0 unspecified atom stereocenters. The monoisotopic (exact) mass is 491 g/mol. The smallest absolute Gasteiger partial charge is 0.422 e. The maximum atomic E-state index is 12.8. The molecule has 3 aromatic rings. The lowest BCUT2D eigenvalue weighted by atomic mass is 10.1. The van der Waals surface area contributed by atoms with E-state index >= 15 is 0 Å². The molecule has 0 N–H and O–H groups in total. The predicted octanol–water partition coefficient (Wildman–Crippen LogP) is 4.72. The van der Waals surface area contributed by atoms with Crippen LogP contribution >= 0.6 is 11.3 Å². The van der Waals surface area contributed by atoms with Gasteiger partial charge in [0.05, 0.1) is 12.8 Å². The molecule has 0 radical (unpaired) electrons. The zero-order valence-electron chi connectivity index (χ0n) is 18.5. The summed E-state index contributed by atoms with van der Waals surface area (Å²) in [5.41, 5.74) is 2.46. The van der Waals surface area contributed by atoms with Crippen molar-refractivity contribution in [3.05, 3.63) is 65.2 Å². The van der Waals surface area contributed by atoms with Crippen molar-refractivity contribution >= 4 is 17.2 Å². The van der Waals surface area contributed by atoms with Crippen LogP contribution in [-0.4, -0.2) is 66.8 Å². The Morgan fingerprint density at radius 3 is 2.26 bits per heavy atom. The van der Waals surface area contributed by atoms with Gasteiger partial charge in [-0.2, -0.15) is 13.2 Å². The van der Waals surface area contributed by atoms with E-state index in [1.165, 1.54) is 24.3 Å². The molecule has 1 saturated heterocycles. The number of carbonyl (C=O) groups is 1. The molecule has 34 heavy (non-hydrogen) atoms. The van der Waals surface area contributed by atoms with Crippen molar-refractivity contribution in [2.24, 2.45) is 0 Å². The first-order valence-electron chi connectivity index (χ1n) is 10.7. The van der Waals surface area contributed by atoms with E-state index in [1.54, 1.807) is 23.3 Å². The Kier molecular flexibility index (Phi) is 7.38. The fraction of sp³-hybridized carbons (Fsp3) is 0.333. The van der Waals surface area contributed by atoms with E-state index in [-0.39, 0.29) is 11.7 Å². The molecular formula is C24H24F3N3O3S. The molecular weight excluding hydrogens is 467 g/mol. The Bertz CT molecular complexity index is 1090. The van der Waals surface area contributed by atoms with Gasteiger partial charge in [-0.15, -0.1) is 11.3 Å². The average molecular weight is 492 g/mol. The van der Waals surface area contributed by atoms with Crippen LogP contribution in [-0.2, 0) is 6.54 Å². The summed E-state index contributed by atoms with van der Waals surface area (Å²) in [5, 5.41) is 3.01. The Hall–Kier alpha value is -3.11. The molecule has 1 aromatic heterocycles. The minimum absolute atomic E-state index is 0.0796. The van der Waals surface area contributed by atoms with Gasteiger partial charge in [-0.25, -0.2) is 4.98 Å². The van der Waals surface area contributed by atoms with Crippen molar-refractivity contribution in [2.75, 3.05) is 39.9 Å². The normalized spacial score (nSPS) is 14.8. The fourth-order valence-corrected chi connectivity index (χ4v) is 4.44. The molecule has 1 amide bonds. The number of nitrogens with zero attached hydrogens (tertiary/aromatic N) is 3. The molecule has 1 fully saturated rings. The van der Waals surface area contributed by atoms with Crippen molar-refractivity contribution in [2.45, 2.75) is 12.7 Å². The van der Waals surface area contributed by atoms with Gasteiger partial charge in [0.25, 0.3) is 5.91 Å². The number of amides is 1. The second kappa shape index (κ2) is 10.4. The molecule has 1 aliphatic rings. The van der Waals surface area contributed by atoms with Crippen LogP contribution in [0.3, 0.4) is 0 Å². The highest BCUT2D eigenvalue weighted by Gasteiger charge is 2.28. The van der Waals surface area contributed by atoms with Crippen LogP contribution in [0.5, 0.6) is 11.5 Å². The number of ether oxygens (including phenoxy) is 2. The molecule has 0 spiro atoms. The molecule has 180 valence electrons. The quantitative estimate of drug-likeness (QED) is 0.479. The molecule has 6 nitrogen and oxygen atoms in total. The van der Waals surface area contributed by atoms with Gasteiger partial charge in [0.2, 0.25) is 0 Å². The predicted molar refractivity (Wildman–Crippen MR) is 123 cm³/mol. The summed E-state index contributed by atoms with van der Waals surface area (Å²) in [6.45, 7) is 1.92. The van der Waals surface area contributed by atoms with Gasteiger partial charge in [-0.05, 0) is 48.5 Å². The number of carbonyl (C=O) groups excluding carboxylic acids is 1. The zero-order chi connectivity index (χ0) is 24.1. The van der Waals surface area contributed by atoms with Gasteiger partial charge in [-0.3, -0.25) is 9.69 Å². The first-order chi connectivity index (χ1) is 16.3. The Morgan fingerprint density at radius 2 is 1.65 bits per heavy atom. The van der Waals surface area contributed by atoms with Gasteiger partial charge in [-0.1, -0.05) is 0 Å². The van der Waals surface area contributed by atoms with Crippen LogP contribution in [0.15, 0.2) is 53.9 Å².